The van der Waals surface area contributed by atoms with E-state index < -0.39 is 0 Å². The lowest BCUT2D eigenvalue weighted by Crippen LogP contribution is -2.31. The third-order valence-corrected chi connectivity index (χ3v) is 5.35. The Balaban J connectivity index is 1.60. The van der Waals surface area contributed by atoms with Crippen molar-refractivity contribution in [1.29, 1.82) is 0 Å². The van der Waals surface area contributed by atoms with Gasteiger partial charge in [-0.1, -0.05) is 30.3 Å². The first-order valence-electron chi connectivity index (χ1n) is 11.0. The second kappa shape index (κ2) is 10.9. The summed E-state index contributed by atoms with van der Waals surface area (Å²) in [5.41, 5.74) is 3.19. The predicted molar refractivity (Wildman–Crippen MR) is 129 cm³/mol. The van der Waals surface area contributed by atoms with Crippen LogP contribution in [0.15, 0.2) is 66.9 Å². The fourth-order valence-electron chi connectivity index (χ4n) is 3.65. The number of methoxy groups -OCH3 is 1. The number of nitrogens with zero attached hydrogens (tertiary/aromatic N) is 3. The molecular weight excluding hydrogens is 435 g/mol. The van der Waals surface area contributed by atoms with Crippen LogP contribution < -0.4 is 16.0 Å². The molecule has 0 aliphatic carbocycles. The zero-order chi connectivity index (χ0) is 23.9. The predicted octanol–water partition coefficient (Wildman–Crippen LogP) is 4.18. The Kier molecular flexibility index (Phi) is 7.46. The number of pyridine rings is 1. The van der Waals surface area contributed by atoms with Crippen molar-refractivity contribution in [2.75, 3.05) is 25.6 Å². The Morgan fingerprint density at radius 3 is 2.65 bits per heavy atom. The van der Waals surface area contributed by atoms with Gasteiger partial charge < -0.3 is 15.4 Å². The number of amides is 2. The van der Waals surface area contributed by atoms with Crippen LogP contribution in [0, 0.1) is 5.82 Å². The van der Waals surface area contributed by atoms with Gasteiger partial charge in [0.1, 0.15) is 11.6 Å². The van der Waals surface area contributed by atoms with E-state index in [4.69, 9.17) is 4.74 Å². The van der Waals surface area contributed by atoms with Crippen LogP contribution in [0.2, 0.25) is 0 Å². The topological polar surface area (TPSA) is 93.1 Å². The summed E-state index contributed by atoms with van der Waals surface area (Å²) in [4.78, 5) is 17.3. The van der Waals surface area contributed by atoms with Crippen LogP contribution in [0.4, 0.5) is 15.0 Å². The molecule has 2 heterocycles. The van der Waals surface area contributed by atoms with Crippen molar-refractivity contribution in [2.45, 2.75) is 19.5 Å². The summed E-state index contributed by atoms with van der Waals surface area (Å²) >= 11 is 0. The standard InChI is InChI=1S/C25H27FN6O2/c1-17(18-6-4-3-5-7-18)29-25(33)31-23-14-19-15-28-32(21-10-8-20(26)9-11-21)24(19)22(30-23)16-27-12-13-34-2/h3-11,14-15,17,27H,12-13,16H2,1-2H3,(H2,29,30,31,33)/t17-/m1/s1. The zero-order valence-corrected chi connectivity index (χ0v) is 19.1. The lowest BCUT2D eigenvalue weighted by atomic mass is 10.1. The van der Waals surface area contributed by atoms with Crippen molar-refractivity contribution in [3.63, 3.8) is 0 Å². The molecule has 0 saturated heterocycles. The highest BCUT2D eigenvalue weighted by Gasteiger charge is 2.16. The number of rotatable bonds is 9. The molecule has 4 aromatic rings. The molecule has 2 amide bonds. The molecule has 3 N–H and O–H groups in total. The van der Waals surface area contributed by atoms with Gasteiger partial charge in [-0.05, 0) is 42.8 Å². The minimum atomic E-state index is -0.354. The molecule has 0 bridgehead atoms. The van der Waals surface area contributed by atoms with Gasteiger partial charge >= 0.3 is 6.03 Å². The van der Waals surface area contributed by atoms with Crippen molar-refractivity contribution < 1.29 is 13.9 Å². The fourth-order valence-corrected chi connectivity index (χ4v) is 3.65. The maximum atomic E-state index is 13.4. The minimum Gasteiger partial charge on any atom is -0.383 e. The molecule has 1 atom stereocenters. The van der Waals surface area contributed by atoms with Crippen molar-refractivity contribution in [3.8, 4) is 5.69 Å². The molecule has 0 spiro atoms. The van der Waals surface area contributed by atoms with Crippen LogP contribution in [-0.2, 0) is 11.3 Å². The molecule has 0 unspecified atom stereocenters. The Morgan fingerprint density at radius 2 is 1.91 bits per heavy atom. The molecule has 9 heteroatoms. The summed E-state index contributed by atoms with van der Waals surface area (Å²) in [5, 5.41) is 14.3. The number of anilines is 1. The van der Waals surface area contributed by atoms with E-state index in [0.717, 1.165) is 16.5 Å². The summed E-state index contributed by atoms with van der Waals surface area (Å²) in [7, 11) is 1.64. The molecular formula is C25H27FN6O2. The lowest BCUT2D eigenvalue weighted by Gasteiger charge is -2.16. The number of aromatic nitrogens is 3. The first-order chi connectivity index (χ1) is 16.5. The largest absolute Gasteiger partial charge is 0.383 e. The Labute approximate surface area is 197 Å². The molecule has 0 aliphatic heterocycles. The van der Waals surface area contributed by atoms with Crippen molar-refractivity contribution in [2.24, 2.45) is 0 Å². The first-order valence-corrected chi connectivity index (χ1v) is 11.0. The number of carbonyl (C=O) groups is 1. The van der Waals surface area contributed by atoms with Crippen molar-refractivity contribution in [3.05, 3.63) is 83.9 Å². The maximum Gasteiger partial charge on any atom is 0.320 e. The van der Waals surface area contributed by atoms with E-state index >= 15 is 0 Å². The number of fused-ring (bicyclic) bond motifs is 1. The van der Waals surface area contributed by atoms with Gasteiger partial charge in [0.05, 0.1) is 35.7 Å². The summed E-state index contributed by atoms with van der Waals surface area (Å²) in [5.74, 6) is 0.0921. The number of carbonyl (C=O) groups excluding carboxylic acids is 1. The number of hydrogen-bond donors (Lipinski definition) is 3. The van der Waals surface area contributed by atoms with E-state index in [1.807, 2.05) is 37.3 Å². The van der Waals surface area contributed by atoms with Gasteiger partial charge in [-0.2, -0.15) is 5.10 Å². The fraction of sp³-hybridized carbons (Fsp3) is 0.240. The third kappa shape index (κ3) is 5.56. The molecule has 34 heavy (non-hydrogen) atoms. The summed E-state index contributed by atoms with van der Waals surface area (Å²) in [6, 6.07) is 17.1. The lowest BCUT2D eigenvalue weighted by molar-refractivity contribution is 0.199. The van der Waals surface area contributed by atoms with Gasteiger partial charge in [0, 0.05) is 25.6 Å². The average Bonchev–Trinajstić information content (AvgIpc) is 3.27. The smallest absolute Gasteiger partial charge is 0.320 e. The molecule has 176 valence electrons. The quantitative estimate of drug-likeness (QED) is 0.325. The number of nitrogens with one attached hydrogen (secondary N) is 3. The van der Waals surface area contributed by atoms with Gasteiger partial charge in [-0.25, -0.2) is 18.9 Å². The van der Waals surface area contributed by atoms with Crippen molar-refractivity contribution in [1.82, 2.24) is 25.4 Å². The normalized spacial score (nSPS) is 12.0. The number of benzene rings is 2. The zero-order valence-electron chi connectivity index (χ0n) is 19.1. The molecule has 4 rings (SSSR count). The first kappa shape index (κ1) is 23.3. The molecule has 0 fully saturated rings. The van der Waals surface area contributed by atoms with Crippen molar-refractivity contribution >= 4 is 22.8 Å². The summed E-state index contributed by atoms with van der Waals surface area (Å²) < 4.78 is 20.2. The minimum absolute atomic E-state index is 0.165. The highest BCUT2D eigenvalue weighted by atomic mass is 19.1. The second-order valence-electron chi connectivity index (χ2n) is 7.83. The molecule has 0 saturated carbocycles. The molecule has 2 aromatic heterocycles. The summed E-state index contributed by atoms with van der Waals surface area (Å²) in [6.07, 6.45) is 1.70. The van der Waals surface area contributed by atoms with E-state index in [2.05, 4.69) is 26.0 Å². The van der Waals surface area contributed by atoms with Gasteiger partial charge in [0.2, 0.25) is 0 Å². The highest BCUT2D eigenvalue weighted by Crippen LogP contribution is 2.24. The van der Waals surface area contributed by atoms with Crippen LogP contribution in [0.5, 0.6) is 0 Å². The van der Waals surface area contributed by atoms with Crippen LogP contribution in [0.3, 0.4) is 0 Å². The molecule has 0 radical (unpaired) electrons. The molecule has 8 nitrogen and oxygen atoms in total. The molecule has 0 aliphatic rings. The number of ether oxygens (including phenoxy) is 1. The van der Waals surface area contributed by atoms with Crippen LogP contribution in [-0.4, -0.2) is 41.1 Å². The number of halogens is 1. The monoisotopic (exact) mass is 462 g/mol. The number of hydrogen-bond acceptors (Lipinski definition) is 5. The highest BCUT2D eigenvalue weighted by molar-refractivity contribution is 5.92. The number of urea groups is 1. The Morgan fingerprint density at radius 1 is 1.15 bits per heavy atom. The van der Waals surface area contributed by atoms with Crippen LogP contribution >= 0.6 is 0 Å². The summed E-state index contributed by atoms with van der Waals surface area (Å²) in [6.45, 7) is 3.54. The van der Waals surface area contributed by atoms with E-state index in [-0.39, 0.29) is 17.9 Å². The van der Waals surface area contributed by atoms with Gasteiger partial charge in [0.15, 0.2) is 0 Å². The average molecular weight is 463 g/mol. The maximum absolute atomic E-state index is 13.4. The molecule has 2 aromatic carbocycles. The van der Waals surface area contributed by atoms with E-state index in [1.54, 1.807) is 36.2 Å². The van der Waals surface area contributed by atoms with Gasteiger partial charge in [-0.3, -0.25) is 5.32 Å². The Bertz CT molecular complexity index is 1240. The van der Waals surface area contributed by atoms with Gasteiger partial charge in [-0.15, -0.1) is 0 Å². The van der Waals surface area contributed by atoms with E-state index in [1.165, 1.54) is 12.1 Å². The van der Waals surface area contributed by atoms with Gasteiger partial charge in [0.25, 0.3) is 0 Å². The Hall–Kier alpha value is -3.82. The van der Waals surface area contributed by atoms with Crippen LogP contribution in [0.25, 0.3) is 16.6 Å². The second-order valence-corrected chi connectivity index (χ2v) is 7.83. The SMILES string of the molecule is COCCNCc1nc(NC(=O)N[C@H](C)c2ccccc2)cc2cnn(-c3ccc(F)cc3)c12. The van der Waals surface area contributed by atoms with Crippen LogP contribution in [0.1, 0.15) is 24.2 Å². The van der Waals surface area contributed by atoms with E-state index in [9.17, 15) is 9.18 Å². The van der Waals surface area contributed by atoms with E-state index in [0.29, 0.717) is 36.9 Å². The third-order valence-electron chi connectivity index (χ3n) is 5.35.